The van der Waals surface area contributed by atoms with E-state index in [0.717, 1.165) is 36.9 Å². The summed E-state index contributed by atoms with van der Waals surface area (Å²) in [6.45, 7) is 2.82. The molecule has 0 radical (unpaired) electrons. The number of carbonyl (C=O) groups is 1. The minimum atomic E-state index is -0.430. The summed E-state index contributed by atoms with van der Waals surface area (Å²) < 4.78 is 5.61. The molecule has 1 amide bonds. The molecule has 0 unspecified atom stereocenters. The van der Waals surface area contributed by atoms with Crippen molar-refractivity contribution in [3.8, 4) is 11.1 Å². The number of ether oxygens (including phenoxy) is 1. The van der Waals surface area contributed by atoms with Crippen LogP contribution < -0.4 is 0 Å². The first-order valence-electron chi connectivity index (χ1n) is 10.2. The van der Waals surface area contributed by atoms with E-state index in [1.807, 2.05) is 29.3 Å². The SMILES string of the molecule is O=C(N1CC[C@@H](CO)C1)C1(Cc2ccccc2-c2cccnc2)CCOCC1. The fourth-order valence-corrected chi connectivity index (χ4v) is 4.57. The van der Waals surface area contributed by atoms with Crippen LogP contribution in [0.3, 0.4) is 0 Å². The Kier molecular flexibility index (Phi) is 5.74. The standard InChI is InChI=1S/C23H28N2O3/c26-17-18-7-11-25(16-18)22(27)23(8-12-28-13-9-23)14-19-4-1-2-6-21(19)20-5-3-10-24-15-20/h1-6,10,15,18,26H,7-9,11-14,16-17H2/t18-/m1/s1. The van der Waals surface area contributed by atoms with Gasteiger partial charge in [0.05, 0.1) is 5.41 Å². The van der Waals surface area contributed by atoms with Crippen LogP contribution >= 0.6 is 0 Å². The summed E-state index contributed by atoms with van der Waals surface area (Å²) in [4.78, 5) is 19.8. The lowest BCUT2D eigenvalue weighted by atomic mass is 9.73. The Morgan fingerprint density at radius 2 is 2.04 bits per heavy atom. The number of nitrogens with zero attached hydrogens (tertiary/aromatic N) is 2. The van der Waals surface area contributed by atoms with Gasteiger partial charge in [-0.15, -0.1) is 0 Å². The Balaban J connectivity index is 1.64. The van der Waals surface area contributed by atoms with E-state index in [4.69, 9.17) is 4.74 Å². The molecule has 0 bridgehead atoms. The zero-order valence-electron chi connectivity index (χ0n) is 16.2. The van der Waals surface area contributed by atoms with Gasteiger partial charge in [0, 0.05) is 56.8 Å². The number of benzene rings is 1. The van der Waals surface area contributed by atoms with Gasteiger partial charge in [-0.2, -0.15) is 0 Å². The molecule has 2 aliphatic heterocycles. The third-order valence-electron chi connectivity index (χ3n) is 6.25. The summed E-state index contributed by atoms with van der Waals surface area (Å²) in [5, 5.41) is 9.47. The van der Waals surface area contributed by atoms with E-state index in [1.54, 1.807) is 6.20 Å². The maximum Gasteiger partial charge on any atom is 0.229 e. The fourth-order valence-electron chi connectivity index (χ4n) is 4.57. The Bertz CT molecular complexity index is 803. The molecule has 1 aromatic heterocycles. The van der Waals surface area contributed by atoms with Crippen molar-refractivity contribution in [2.75, 3.05) is 32.9 Å². The second kappa shape index (κ2) is 8.41. The Morgan fingerprint density at radius 3 is 2.75 bits per heavy atom. The molecule has 148 valence electrons. The summed E-state index contributed by atoms with van der Waals surface area (Å²) in [6, 6.07) is 12.3. The maximum atomic E-state index is 13.6. The summed E-state index contributed by atoms with van der Waals surface area (Å²) in [5.41, 5.74) is 2.97. The van der Waals surface area contributed by atoms with Crippen LogP contribution in [0.25, 0.3) is 11.1 Å². The first-order valence-corrected chi connectivity index (χ1v) is 10.2. The van der Waals surface area contributed by atoms with Gasteiger partial charge in [-0.1, -0.05) is 30.3 Å². The van der Waals surface area contributed by atoms with Crippen molar-refractivity contribution in [2.24, 2.45) is 11.3 Å². The zero-order valence-corrected chi connectivity index (χ0v) is 16.2. The van der Waals surface area contributed by atoms with E-state index in [2.05, 4.69) is 23.2 Å². The number of aliphatic hydroxyl groups excluding tert-OH is 1. The first kappa shape index (κ1) is 19.1. The summed E-state index contributed by atoms with van der Waals surface area (Å²) in [7, 11) is 0. The quantitative estimate of drug-likeness (QED) is 0.866. The minimum Gasteiger partial charge on any atom is -0.396 e. The van der Waals surface area contributed by atoms with E-state index in [9.17, 15) is 9.90 Å². The number of aromatic nitrogens is 1. The third kappa shape index (κ3) is 3.82. The maximum absolute atomic E-state index is 13.6. The van der Waals surface area contributed by atoms with E-state index >= 15 is 0 Å². The molecular weight excluding hydrogens is 352 g/mol. The van der Waals surface area contributed by atoms with Gasteiger partial charge in [0.15, 0.2) is 0 Å². The smallest absolute Gasteiger partial charge is 0.229 e. The van der Waals surface area contributed by atoms with Gasteiger partial charge in [0.2, 0.25) is 5.91 Å². The van der Waals surface area contributed by atoms with E-state index in [-0.39, 0.29) is 18.4 Å². The molecule has 28 heavy (non-hydrogen) atoms. The third-order valence-corrected chi connectivity index (χ3v) is 6.25. The van der Waals surface area contributed by atoms with Crippen LogP contribution in [0, 0.1) is 11.3 Å². The molecule has 0 aliphatic carbocycles. The molecule has 1 aromatic carbocycles. The van der Waals surface area contributed by atoms with E-state index < -0.39 is 5.41 Å². The molecule has 1 atom stereocenters. The van der Waals surface area contributed by atoms with Crippen LogP contribution in [-0.4, -0.2) is 53.8 Å². The highest BCUT2D eigenvalue weighted by Gasteiger charge is 2.44. The Labute approximate surface area is 166 Å². The van der Waals surface area contributed by atoms with Crippen molar-refractivity contribution in [1.29, 1.82) is 0 Å². The van der Waals surface area contributed by atoms with Crippen LogP contribution in [0.1, 0.15) is 24.8 Å². The molecule has 5 heteroatoms. The lowest BCUT2D eigenvalue weighted by molar-refractivity contribution is -0.147. The number of amides is 1. The molecule has 3 heterocycles. The van der Waals surface area contributed by atoms with Crippen molar-refractivity contribution in [3.05, 3.63) is 54.4 Å². The first-order chi connectivity index (χ1) is 13.7. The van der Waals surface area contributed by atoms with Crippen molar-refractivity contribution in [3.63, 3.8) is 0 Å². The zero-order chi connectivity index (χ0) is 19.4. The van der Waals surface area contributed by atoms with Gasteiger partial charge >= 0.3 is 0 Å². The number of hydrogen-bond acceptors (Lipinski definition) is 4. The molecule has 0 saturated carbocycles. The van der Waals surface area contributed by atoms with Gasteiger partial charge < -0.3 is 14.7 Å². The number of pyridine rings is 1. The molecular formula is C23H28N2O3. The highest BCUT2D eigenvalue weighted by Crippen LogP contribution is 2.40. The molecule has 2 aromatic rings. The van der Waals surface area contributed by atoms with Crippen molar-refractivity contribution in [1.82, 2.24) is 9.88 Å². The van der Waals surface area contributed by atoms with Crippen LogP contribution in [0.4, 0.5) is 0 Å². The predicted molar refractivity (Wildman–Crippen MR) is 108 cm³/mol. The molecule has 5 nitrogen and oxygen atoms in total. The normalized spacial score (nSPS) is 21.6. The van der Waals surface area contributed by atoms with Gasteiger partial charge in [-0.05, 0) is 42.9 Å². The van der Waals surface area contributed by atoms with E-state index in [1.165, 1.54) is 5.56 Å². The summed E-state index contributed by atoms with van der Waals surface area (Å²) in [5.74, 6) is 0.441. The van der Waals surface area contributed by atoms with Gasteiger partial charge in [0.25, 0.3) is 0 Å². The van der Waals surface area contributed by atoms with Gasteiger partial charge in [-0.25, -0.2) is 0 Å². The van der Waals surface area contributed by atoms with Crippen LogP contribution in [0.2, 0.25) is 0 Å². The number of rotatable bonds is 5. The molecule has 2 aliphatic rings. The summed E-state index contributed by atoms with van der Waals surface area (Å²) in [6.07, 6.45) is 6.74. The molecule has 0 spiro atoms. The fraction of sp³-hybridized carbons (Fsp3) is 0.478. The minimum absolute atomic E-state index is 0.156. The van der Waals surface area contributed by atoms with Crippen LogP contribution in [-0.2, 0) is 16.0 Å². The molecule has 1 N–H and O–H groups in total. The number of aliphatic hydroxyl groups is 1. The number of hydrogen-bond donors (Lipinski definition) is 1. The molecule has 4 rings (SSSR count). The van der Waals surface area contributed by atoms with Gasteiger partial charge in [0.1, 0.15) is 0 Å². The number of likely N-dealkylation sites (tertiary alicyclic amines) is 1. The van der Waals surface area contributed by atoms with E-state index in [0.29, 0.717) is 26.2 Å². The predicted octanol–water partition coefficient (Wildman–Crippen LogP) is 2.93. The lowest BCUT2D eigenvalue weighted by Gasteiger charge is -2.39. The Hall–Kier alpha value is -2.24. The van der Waals surface area contributed by atoms with Crippen molar-refractivity contribution < 1.29 is 14.6 Å². The van der Waals surface area contributed by atoms with Crippen molar-refractivity contribution >= 4 is 5.91 Å². The second-order valence-corrected chi connectivity index (χ2v) is 8.06. The van der Waals surface area contributed by atoms with Crippen LogP contribution in [0.15, 0.2) is 48.8 Å². The topological polar surface area (TPSA) is 62.7 Å². The highest BCUT2D eigenvalue weighted by atomic mass is 16.5. The average molecular weight is 380 g/mol. The van der Waals surface area contributed by atoms with Gasteiger partial charge in [-0.3, -0.25) is 9.78 Å². The average Bonchev–Trinajstić information content (AvgIpc) is 3.24. The Morgan fingerprint density at radius 1 is 1.21 bits per heavy atom. The molecule has 2 fully saturated rings. The number of carbonyl (C=O) groups excluding carboxylic acids is 1. The molecule has 2 saturated heterocycles. The second-order valence-electron chi connectivity index (χ2n) is 8.06. The lowest BCUT2D eigenvalue weighted by Crippen LogP contribution is -2.47. The monoisotopic (exact) mass is 380 g/mol. The summed E-state index contributed by atoms with van der Waals surface area (Å²) >= 11 is 0. The largest absolute Gasteiger partial charge is 0.396 e. The van der Waals surface area contributed by atoms with Crippen molar-refractivity contribution in [2.45, 2.75) is 25.7 Å². The van der Waals surface area contributed by atoms with Crippen LogP contribution in [0.5, 0.6) is 0 Å². The highest BCUT2D eigenvalue weighted by molar-refractivity contribution is 5.84.